The number of ether oxygens (including phenoxy) is 1. The van der Waals surface area contributed by atoms with Crippen molar-refractivity contribution in [2.24, 2.45) is 7.05 Å². The second kappa shape index (κ2) is 7.54. The number of amides is 2. The molecule has 1 aliphatic heterocycles. The van der Waals surface area contributed by atoms with E-state index in [0.717, 1.165) is 47.5 Å². The number of hydrogen-bond donors (Lipinski definition) is 1. The number of rotatable bonds is 3. The van der Waals surface area contributed by atoms with Gasteiger partial charge < -0.3 is 19.5 Å². The number of aryl methyl sites for hydroxylation is 2. The highest BCUT2D eigenvalue weighted by atomic mass is 16.5. The molecular formula is C22H26N4O2. The number of likely N-dealkylation sites (tertiary alicyclic amines) is 1. The van der Waals surface area contributed by atoms with Crippen molar-refractivity contribution in [2.75, 3.05) is 25.5 Å². The standard InChI is InChI=1S/C22H26N4O2/c1-15-8-6-12-19(28-3)20(15)24-22(27)26-13-7-9-16(14-26)21-23-17-10-4-5-11-18(17)25(21)2/h4-6,8,10-12,16H,7,9,13-14H2,1-3H3,(H,24,27)/t16-/m1/s1. The molecule has 4 rings (SSSR count). The molecule has 1 atom stereocenters. The number of nitrogens with zero attached hydrogens (tertiary/aromatic N) is 3. The molecule has 6 nitrogen and oxygen atoms in total. The second-order valence-electron chi connectivity index (χ2n) is 7.39. The summed E-state index contributed by atoms with van der Waals surface area (Å²) in [4.78, 5) is 19.7. The smallest absolute Gasteiger partial charge is 0.321 e. The topological polar surface area (TPSA) is 59.4 Å². The molecule has 146 valence electrons. The largest absolute Gasteiger partial charge is 0.495 e. The van der Waals surface area contributed by atoms with Crippen molar-refractivity contribution in [3.63, 3.8) is 0 Å². The van der Waals surface area contributed by atoms with Gasteiger partial charge in [0.1, 0.15) is 11.6 Å². The number of hydrogen-bond acceptors (Lipinski definition) is 3. The fourth-order valence-electron chi connectivity index (χ4n) is 4.06. The van der Waals surface area contributed by atoms with E-state index in [1.54, 1.807) is 7.11 Å². The lowest BCUT2D eigenvalue weighted by atomic mass is 9.97. The van der Waals surface area contributed by atoms with Crippen molar-refractivity contribution in [3.8, 4) is 5.75 Å². The summed E-state index contributed by atoms with van der Waals surface area (Å²) in [6, 6.07) is 13.8. The molecule has 0 unspecified atom stereocenters. The maximum Gasteiger partial charge on any atom is 0.321 e. The quantitative estimate of drug-likeness (QED) is 0.739. The Kier molecular flexibility index (Phi) is 4.94. The van der Waals surface area contributed by atoms with E-state index >= 15 is 0 Å². The number of anilines is 1. The molecule has 0 bridgehead atoms. The third kappa shape index (κ3) is 3.30. The molecule has 1 aromatic heterocycles. The Bertz CT molecular complexity index is 1010. The normalized spacial score (nSPS) is 17.0. The van der Waals surface area contributed by atoms with Crippen molar-refractivity contribution in [1.29, 1.82) is 0 Å². The van der Waals surface area contributed by atoms with Gasteiger partial charge in [0.2, 0.25) is 0 Å². The van der Waals surface area contributed by atoms with Gasteiger partial charge in [-0.15, -0.1) is 0 Å². The molecule has 3 aromatic rings. The number of piperidine rings is 1. The molecule has 0 aliphatic carbocycles. The first-order chi connectivity index (χ1) is 13.6. The predicted octanol–water partition coefficient (Wildman–Crippen LogP) is 4.30. The van der Waals surface area contributed by atoms with Crippen LogP contribution in [0.3, 0.4) is 0 Å². The van der Waals surface area contributed by atoms with E-state index < -0.39 is 0 Å². The number of para-hydroxylation sites is 3. The zero-order chi connectivity index (χ0) is 19.7. The zero-order valence-corrected chi connectivity index (χ0v) is 16.6. The van der Waals surface area contributed by atoms with Crippen LogP contribution in [0.15, 0.2) is 42.5 Å². The highest BCUT2D eigenvalue weighted by molar-refractivity contribution is 5.92. The molecule has 2 aromatic carbocycles. The molecule has 6 heteroatoms. The summed E-state index contributed by atoms with van der Waals surface area (Å²) in [5.74, 6) is 1.96. The Labute approximate surface area is 165 Å². The number of carbonyl (C=O) groups is 1. The van der Waals surface area contributed by atoms with Crippen LogP contribution in [0.2, 0.25) is 0 Å². The zero-order valence-electron chi connectivity index (χ0n) is 16.6. The molecule has 2 heterocycles. The van der Waals surface area contributed by atoms with Crippen molar-refractivity contribution in [2.45, 2.75) is 25.7 Å². The minimum atomic E-state index is -0.0870. The Hall–Kier alpha value is -3.02. The van der Waals surface area contributed by atoms with Crippen molar-refractivity contribution < 1.29 is 9.53 Å². The maximum absolute atomic E-state index is 13.0. The van der Waals surface area contributed by atoms with Crippen LogP contribution in [0.5, 0.6) is 5.75 Å². The van der Waals surface area contributed by atoms with E-state index in [9.17, 15) is 4.79 Å². The Morgan fingerprint density at radius 3 is 2.82 bits per heavy atom. The summed E-state index contributed by atoms with van der Waals surface area (Å²) >= 11 is 0. The SMILES string of the molecule is COc1cccc(C)c1NC(=O)N1CCC[C@@H](c2nc3ccccc3n2C)C1. The van der Waals surface area contributed by atoms with Crippen LogP contribution in [0.25, 0.3) is 11.0 Å². The van der Waals surface area contributed by atoms with Crippen molar-refractivity contribution in [3.05, 3.63) is 53.9 Å². The first-order valence-corrected chi connectivity index (χ1v) is 9.69. The van der Waals surface area contributed by atoms with Crippen molar-refractivity contribution in [1.82, 2.24) is 14.5 Å². The lowest BCUT2D eigenvalue weighted by molar-refractivity contribution is 0.191. The van der Waals surface area contributed by atoms with Gasteiger partial charge in [-0.2, -0.15) is 0 Å². The van der Waals surface area contributed by atoms with E-state index in [0.29, 0.717) is 12.3 Å². The highest BCUT2D eigenvalue weighted by Crippen LogP contribution is 2.31. The number of nitrogens with one attached hydrogen (secondary N) is 1. The lowest BCUT2D eigenvalue weighted by Gasteiger charge is -2.32. The van der Waals surface area contributed by atoms with Crippen LogP contribution in [-0.4, -0.2) is 40.7 Å². The van der Waals surface area contributed by atoms with Crippen LogP contribution in [-0.2, 0) is 7.05 Å². The fourth-order valence-corrected chi connectivity index (χ4v) is 4.06. The monoisotopic (exact) mass is 378 g/mol. The van der Waals surface area contributed by atoms with Gasteiger partial charge in [-0.1, -0.05) is 24.3 Å². The van der Waals surface area contributed by atoms with E-state index in [2.05, 4.69) is 23.0 Å². The molecule has 2 amide bonds. The van der Waals surface area contributed by atoms with Crippen molar-refractivity contribution >= 4 is 22.8 Å². The van der Waals surface area contributed by atoms with Gasteiger partial charge in [-0.05, 0) is 43.5 Å². The van der Waals surface area contributed by atoms with Gasteiger partial charge in [0.05, 0.1) is 23.8 Å². The Morgan fingerprint density at radius 2 is 2.04 bits per heavy atom. The van der Waals surface area contributed by atoms with Crippen LogP contribution >= 0.6 is 0 Å². The number of carbonyl (C=O) groups excluding carboxylic acids is 1. The Balaban J connectivity index is 1.54. The molecule has 1 saturated heterocycles. The number of aromatic nitrogens is 2. The van der Waals surface area contributed by atoms with Gasteiger partial charge in [0.15, 0.2) is 0 Å². The first-order valence-electron chi connectivity index (χ1n) is 9.69. The summed E-state index contributed by atoms with van der Waals surface area (Å²) in [5.41, 5.74) is 3.85. The van der Waals surface area contributed by atoms with Crippen LogP contribution in [0, 0.1) is 6.92 Å². The summed E-state index contributed by atoms with van der Waals surface area (Å²) in [5, 5.41) is 3.05. The molecule has 1 fully saturated rings. The predicted molar refractivity (Wildman–Crippen MR) is 111 cm³/mol. The van der Waals surface area contributed by atoms with Gasteiger partial charge in [-0.25, -0.2) is 9.78 Å². The van der Waals surface area contributed by atoms with E-state index in [4.69, 9.17) is 9.72 Å². The van der Waals surface area contributed by atoms with Crippen LogP contribution in [0.4, 0.5) is 10.5 Å². The number of methoxy groups -OCH3 is 1. The average molecular weight is 378 g/mol. The van der Waals surface area contributed by atoms with Gasteiger partial charge in [0.25, 0.3) is 0 Å². The molecule has 0 spiro atoms. The molecule has 1 aliphatic rings. The minimum absolute atomic E-state index is 0.0870. The average Bonchev–Trinajstić information content (AvgIpc) is 3.06. The number of urea groups is 1. The number of benzene rings is 2. The number of fused-ring (bicyclic) bond motifs is 1. The maximum atomic E-state index is 13.0. The van der Waals surface area contributed by atoms with E-state index in [1.807, 2.05) is 48.2 Å². The second-order valence-corrected chi connectivity index (χ2v) is 7.39. The summed E-state index contributed by atoms with van der Waals surface area (Å²) in [7, 11) is 3.68. The number of imidazole rings is 1. The van der Waals surface area contributed by atoms with Crippen LogP contribution < -0.4 is 10.1 Å². The summed E-state index contributed by atoms with van der Waals surface area (Å²) < 4.78 is 7.57. The molecule has 0 radical (unpaired) electrons. The van der Waals surface area contributed by atoms with E-state index in [-0.39, 0.29) is 11.9 Å². The third-order valence-corrected chi connectivity index (χ3v) is 5.58. The van der Waals surface area contributed by atoms with Gasteiger partial charge >= 0.3 is 6.03 Å². The molecule has 1 N–H and O–H groups in total. The third-order valence-electron chi connectivity index (χ3n) is 5.58. The summed E-state index contributed by atoms with van der Waals surface area (Å²) in [6.07, 6.45) is 2.00. The van der Waals surface area contributed by atoms with E-state index in [1.165, 1.54) is 0 Å². The van der Waals surface area contributed by atoms with Crippen LogP contribution in [0.1, 0.15) is 30.1 Å². The highest BCUT2D eigenvalue weighted by Gasteiger charge is 2.28. The molecular weight excluding hydrogens is 352 g/mol. The summed E-state index contributed by atoms with van der Waals surface area (Å²) in [6.45, 7) is 3.38. The molecule has 28 heavy (non-hydrogen) atoms. The minimum Gasteiger partial charge on any atom is -0.495 e. The molecule has 0 saturated carbocycles. The lowest BCUT2D eigenvalue weighted by Crippen LogP contribution is -2.42. The fraction of sp³-hybridized carbons (Fsp3) is 0.364. The van der Waals surface area contributed by atoms with Gasteiger partial charge in [0, 0.05) is 26.1 Å². The van der Waals surface area contributed by atoms with Gasteiger partial charge in [-0.3, -0.25) is 0 Å². The Morgan fingerprint density at radius 1 is 1.21 bits per heavy atom. The first kappa shape index (κ1) is 18.3.